The maximum atomic E-state index is 13.5. The third-order valence-electron chi connectivity index (χ3n) is 6.37. The number of benzene rings is 3. The van der Waals surface area contributed by atoms with Gasteiger partial charge in [0.2, 0.25) is 11.8 Å². The first-order valence-electron chi connectivity index (χ1n) is 12.1. The smallest absolute Gasteiger partial charge is 0.246 e. The molecule has 3 aromatic rings. The van der Waals surface area contributed by atoms with Crippen LogP contribution in [0.4, 0.5) is 8.78 Å². The molecule has 0 saturated carbocycles. The van der Waals surface area contributed by atoms with Crippen LogP contribution in [0.25, 0.3) is 0 Å². The minimum absolute atomic E-state index is 0.197. The van der Waals surface area contributed by atoms with Gasteiger partial charge in [-0.15, -0.1) is 0 Å². The summed E-state index contributed by atoms with van der Waals surface area (Å²) < 4.78 is 32.2. The van der Waals surface area contributed by atoms with Gasteiger partial charge in [-0.1, -0.05) is 36.4 Å². The van der Waals surface area contributed by atoms with Crippen LogP contribution in [-0.4, -0.2) is 54.9 Å². The van der Waals surface area contributed by atoms with Crippen molar-refractivity contribution in [3.05, 3.63) is 113 Å². The summed E-state index contributed by atoms with van der Waals surface area (Å²) in [6, 6.07) is 19.7. The lowest BCUT2D eigenvalue weighted by Gasteiger charge is -2.39. The molecule has 0 unspecified atom stereocenters. The van der Waals surface area contributed by atoms with Crippen molar-refractivity contribution in [2.24, 2.45) is 0 Å². The Kier molecular flexibility index (Phi) is 8.64. The lowest BCUT2D eigenvalue weighted by atomic mass is 9.96. The van der Waals surface area contributed by atoms with E-state index in [0.717, 1.165) is 22.4 Å². The molecule has 6 nitrogen and oxygen atoms in total. The number of nitrogens with zero attached hydrogens (tertiary/aromatic N) is 2. The maximum absolute atomic E-state index is 13.5. The van der Waals surface area contributed by atoms with E-state index < -0.39 is 0 Å². The molecule has 37 heavy (non-hydrogen) atoms. The Labute approximate surface area is 215 Å². The number of hydrogen-bond donors (Lipinski definition) is 1. The predicted molar refractivity (Wildman–Crippen MR) is 137 cm³/mol. The van der Waals surface area contributed by atoms with Crippen molar-refractivity contribution in [1.29, 1.82) is 0 Å². The Morgan fingerprint density at radius 3 is 1.89 bits per heavy atom. The quantitative estimate of drug-likeness (QED) is 0.469. The van der Waals surface area contributed by atoms with Crippen LogP contribution in [0.3, 0.4) is 0 Å². The summed E-state index contributed by atoms with van der Waals surface area (Å²) in [6.07, 6.45) is 2.54. The highest BCUT2D eigenvalue weighted by atomic mass is 19.1. The van der Waals surface area contributed by atoms with E-state index in [-0.39, 0.29) is 29.5 Å². The van der Waals surface area contributed by atoms with Gasteiger partial charge < -0.3 is 15.0 Å². The molecule has 4 rings (SSSR count). The number of amides is 2. The number of halogens is 2. The third-order valence-corrected chi connectivity index (χ3v) is 6.37. The van der Waals surface area contributed by atoms with Crippen molar-refractivity contribution < 1.29 is 23.1 Å². The Bertz CT molecular complexity index is 1180. The minimum Gasteiger partial charge on any atom is -0.497 e. The zero-order valence-corrected chi connectivity index (χ0v) is 20.6. The summed E-state index contributed by atoms with van der Waals surface area (Å²) in [6.45, 7) is 2.42. The van der Waals surface area contributed by atoms with E-state index in [1.807, 2.05) is 24.3 Å². The average Bonchev–Trinajstić information content (AvgIpc) is 2.93. The van der Waals surface area contributed by atoms with E-state index in [4.69, 9.17) is 4.74 Å². The van der Waals surface area contributed by atoms with Crippen molar-refractivity contribution in [1.82, 2.24) is 15.1 Å². The summed E-state index contributed by atoms with van der Waals surface area (Å²) in [4.78, 5) is 28.7. The van der Waals surface area contributed by atoms with Gasteiger partial charge >= 0.3 is 0 Å². The van der Waals surface area contributed by atoms with Crippen LogP contribution in [0.2, 0.25) is 0 Å². The topological polar surface area (TPSA) is 61.9 Å². The summed E-state index contributed by atoms with van der Waals surface area (Å²) in [5.41, 5.74) is 2.70. The summed E-state index contributed by atoms with van der Waals surface area (Å²) in [5, 5.41) is 2.76. The number of hydrogen-bond acceptors (Lipinski definition) is 4. The zero-order valence-electron chi connectivity index (χ0n) is 20.6. The molecule has 0 aliphatic carbocycles. The molecule has 8 heteroatoms. The fourth-order valence-electron chi connectivity index (χ4n) is 4.35. The first-order valence-corrected chi connectivity index (χ1v) is 12.1. The van der Waals surface area contributed by atoms with Crippen LogP contribution in [-0.2, 0) is 16.1 Å². The van der Waals surface area contributed by atoms with E-state index in [0.29, 0.717) is 32.7 Å². The molecular weight excluding hydrogens is 476 g/mol. The van der Waals surface area contributed by atoms with Crippen LogP contribution in [0.5, 0.6) is 5.75 Å². The van der Waals surface area contributed by atoms with Gasteiger partial charge in [-0.2, -0.15) is 0 Å². The van der Waals surface area contributed by atoms with Crippen LogP contribution in [0.1, 0.15) is 22.7 Å². The highest BCUT2D eigenvalue weighted by Crippen LogP contribution is 2.30. The molecule has 0 bridgehead atoms. The number of carbonyl (C=O) groups excluding carboxylic acids is 2. The number of carbonyl (C=O) groups is 2. The standard InChI is InChI=1S/C29H29F2N3O3/c1-37-26-12-2-21(3-13-26)20-32-27(35)14-15-28(36)33-16-18-34(19-17-33)29(22-4-8-24(30)9-5-22)23-6-10-25(31)11-7-23/h2-15,29H,16-20H2,1H3,(H,32,35). The SMILES string of the molecule is COc1ccc(CNC(=O)C=CC(=O)N2CCN(C(c3ccc(F)cc3)c3ccc(F)cc3)CC2)cc1. The molecule has 2 amide bonds. The van der Waals surface area contributed by atoms with Gasteiger partial charge in [0, 0.05) is 44.9 Å². The van der Waals surface area contributed by atoms with E-state index >= 15 is 0 Å². The molecule has 0 radical (unpaired) electrons. The third kappa shape index (κ3) is 7.01. The second-order valence-electron chi connectivity index (χ2n) is 8.77. The Morgan fingerprint density at radius 2 is 1.38 bits per heavy atom. The zero-order chi connectivity index (χ0) is 26.2. The second kappa shape index (κ2) is 12.3. The first-order chi connectivity index (χ1) is 17.9. The molecule has 0 aromatic heterocycles. The summed E-state index contributed by atoms with van der Waals surface area (Å²) in [5.74, 6) is -0.495. The molecule has 1 aliphatic heterocycles. The number of methoxy groups -OCH3 is 1. The first kappa shape index (κ1) is 26.0. The van der Waals surface area contributed by atoms with E-state index in [1.165, 1.54) is 36.4 Å². The van der Waals surface area contributed by atoms with Crippen molar-refractivity contribution in [3.63, 3.8) is 0 Å². The number of piperazine rings is 1. The lowest BCUT2D eigenvalue weighted by molar-refractivity contribution is -0.128. The summed E-state index contributed by atoms with van der Waals surface area (Å²) >= 11 is 0. The van der Waals surface area contributed by atoms with Crippen molar-refractivity contribution >= 4 is 11.8 Å². The van der Waals surface area contributed by atoms with Crippen molar-refractivity contribution in [2.75, 3.05) is 33.3 Å². The normalized spacial score (nSPS) is 14.2. The predicted octanol–water partition coefficient (Wildman–Crippen LogP) is 4.08. The van der Waals surface area contributed by atoms with E-state index in [1.54, 1.807) is 36.3 Å². The van der Waals surface area contributed by atoms with Crippen molar-refractivity contribution in [3.8, 4) is 5.75 Å². The summed E-state index contributed by atoms with van der Waals surface area (Å²) in [7, 11) is 1.59. The molecule has 0 atom stereocenters. The van der Waals surface area contributed by atoms with Gasteiger partial charge in [0.15, 0.2) is 0 Å². The van der Waals surface area contributed by atoms with Crippen LogP contribution in [0, 0.1) is 11.6 Å². The highest BCUT2D eigenvalue weighted by Gasteiger charge is 2.27. The minimum atomic E-state index is -0.351. The van der Waals surface area contributed by atoms with Gasteiger partial charge in [0.1, 0.15) is 17.4 Å². The second-order valence-corrected chi connectivity index (χ2v) is 8.77. The molecular formula is C29H29F2N3O3. The van der Waals surface area contributed by atoms with E-state index in [9.17, 15) is 18.4 Å². The molecule has 192 valence electrons. The van der Waals surface area contributed by atoms with Gasteiger partial charge in [-0.25, -0.2) is 8.78 Å². The molecule has 1 N–H and O–H groups in total. The molecule has 0 spiro atoms. The van der Waals surface area contributed by atoms with Crippen molar-refractivity contribution in [2.45, 2.75) is 12.6 Å². The van der Waals surface area contributed by atoms with Gasteiger partial charge in [0.25, 0.3) is 0 Å². The number of ether oxygens (including phenoxy) is 1. The number of rotatable bonds is 8. The molecule has 1 saturated heterocycles. The van der Waals surface area contributed by atoms with Crippen LogP contribution >= 0.6 is 0 Å². The highest BCUT2D eigenvalue weighted by molar-refractivity contribution is 5.96. The van der Waals surface area contributed by atoms with Gasteiger partial charge in [-0.05, 0) is 53.1 Å². The largest absolute Gasteiger partial charge is 0.497 e. The fourth-order valence-corrected chi connectivity index (χ4v) is 4.35. The van der Waals surface area contributed by atoms with Crippen LogP contribution < -0.4 is 10.1 Å². The molecule has 3 aromatic carbocycles. The molecule has 1 heterocycles. The maximum Gasteiger partial charge on any atom is 0.246 e. The Balaban J connectivity index is 1.33. The van der Waals surface area contributed by atoms with Gasteiger partial charge in [0.05, 0.1) is 13.2 Å². The van der Waals surface area contributed by atoms with E-state index in [2.05, 4.69) is 10.2 Å². The monoisotopic (exact) mass is 505 g/mol. The average molecular weight is 506 g/mol. The lowest BCUT2D eigenvalue weighted by Crippen LogP contribution is -2.49. The van der Waals surface area contributed by atoms with Crippen LogP contribution in [0.15, 0.2) is 84.9 Å². The fraction of sp³-hybridized carbons (Fsp3) is 0.241. The molecule has 1 fully saturated rings. The number of nitrogens with one attached hydrogen (secondary N) is 1. The Hall–Kier alpha value is -4.04. The Morgan fingerprint density at radius 1 is 0.838 bits per heavy atom. The molecule has 1 aliphatic rings. The van der Waals surface area contributed by atoms with Gasteiger partial charge in [-0.3, -0.25) is 14.5 Å².